The molecule has 1 saturated heterocycles. The topological polar surface area (TPSA) is 32.7 Å². The Morgan fingerprint density at radius 2 is 1.81 bits per heavy atom. The number of hydrogen-bond donors (Lipinski definition) is 1. The SMILES string of the molecule is Oc1ccc(-c2ssc(=S)c2Cc2ccccc2)cc1CN1CCOCC1. The van der Waals surface area contributed by atoms with Gasteiger partial charge in [0.05, 0.1) is 18.1 Å². The van der Waals surface area contributed by atoms with Gasteiger partial charge in [0.1, 0.15) is 9.57 Å². The third kappa shape index (κ3) is 4.47. The van der Waals surface area contributed by atoms with Crippen LogP contribution >= 0.6 is 32.9 Å². The molecule has 1 aromatic heterocycles. The van der Waals surface area contributed by atoms with E-state index < -0.39 is 0 Å². The number of morpholine rings is 1. The van der Waals surface area contributed by atoms with Crippen molar-refractivity contribution >= 4 is 32.9 Å². The van der Waals surface area contributed by atoms with Gasteiger partial charge in [0, 0.05) is 37.2 Å². The minimum Gasteiger partial charge on any atom is -0.508 e. The summed E-state index contributed by atoms with van der Waals surface area (Å²) >= 11 is 5.62. The van der Waals surface area contributed by atoms with Crippen LogP contribution in [0.3, 0.4) is 0 Å². The summed E-state index contributed by atoms with van der Waals surface area (Å²) in [6.07, 6.45) is 0.842. The summed E-state index contributed by atoms with van der Waals surface area (Å²) in [7, 11) is 3.39. The standard InChI is InChI=1S/C21H21NO2S3/c23-19-7-6-16(13-17(19)14-22-8-10-24-11-9-22)20-18(21(25)27-26-20)12-15-4-2-1-3-5-15/h1-7,13,23H,8-12,14H2. The van der Waals surface area contributed by atoms with Crippen LogP contribution in [0.25, 0.3) is 10.4 Å². The fourth-order valence-electron chi connectivity index (χ4n) is 3.30. The summed E-state index contributed by atoms with van der Waals surface area (Å²) in [5, 5.41) is 10.3. The van der Waals surface area contributed by atoms with Gasteiger partial charge in [-0.15, -0.1) is 0 Å². The van der Waals surface area contributed by atoms with Crippen molar-refractivity contribution in [1.29, 1.82) is 0 Å². The fraction of sp³-hybridized carbons (Fsp3) is 0.286. The molecule has 0 amide bonds. The molecule has 0 radical (unpaired) electrons. The third-order valence-corrected chi connectivity index (χ3v) is 7.98. The van der Waals surface area contributed by atoms with E-state index >= 15 is 0 Å². The zero-order valence-electron chi connectivity index (χ0n) is 14.9. The summed E-state index contributed by atoms with van der Waals surface area (Å²) in [6.45, 7) is 4.06. The molecule has 4 rings (SSSR count). The van der Waals surface area contributed by atoms with Crippen LogP contribution in [0.5, 0.6) is 5.75 Å². The summed E-state index contributed by atoms with van der Waals surface area (Å²) in [4.78, 5) is 3.54. The predicted molar refractivity (Wildman–Crippen MR) is 115 cm³/mol. The van der Waals surface area contributed by atoms with Gasteiger partial charge in [-0.2, -0.15) is 0 Å². The van der Waals surface area contributed by atoms with Crippen molar-refractivity contribution in [2.45, 2.75) is 13.0 Å². The molecule has 1 fully saturated rings. The maximum atomic E-state index is 10.3. The van der Waals surface area contributed by atoms with Crippen LogP contribution in [-0.2, 0) is 17.7 Å². The van der Waals surface area contributed by atoms with E-state index in [1.807, 2.05) is 18.2 Å². The average molecular weight is 416 g/mol. The zero-order chi connectivity index (χ0) is 18.6. The van der Waals surface area contributed by atoms with Crippen molar-refractivity contribution in [2.75, 3.05) is 26.3 Å². The Balaban J connectivity index is 1.64. The first-order valence-electron chi connectivity index (χ1n) is 8.99. The first kappa shape index (κ1) is 18.8. The van der Waals surface area contributed by atoms with E-state index in [-0.39, 0.29) is 0 Å². The molecule has 140 valence electrons. The minimum absolute atomic E-state index is 0.355. The second-order valence-electron chi connectivity index (χ2n) is 6.66. The number of aromatic hydroxyl groups is 1. The van der Waals surface area contributed by atoms with Crippen LogP contribution in [-0.4, -0.2) is 36.3 Å². The summed E-state index contributed by atoms with van der Waals surface area (Å²) < 4.78 is 6.38. The van der Waals surface area contributed by atoms with E-state index in [2.05, 4.69) is 35.2 Å². The first-order valence-corrected chi connectivity index (χ1v) is 11.5. The summed E-state index contributed by atoms with van der Waals surface area (Å²) in [6, 6.07) is 16.4. The van der Waals surface area contributed by atoms with E-state index in [1.54, 1.807) is 20.7 Å². The molecule has 0 atom stereocenters. The van der Waals surface area contributed by atoms with E-state index in [4.69, 9.17) is 17.0 Å². The molecule has 1 aliphatic heterocycles. The van der Waals surface area contributed by atoms with Gasteiger partial charge in [0.15, 0.2) is 0 Å². The van der Waals surface area contributed by atoms with Gasteiger partial charge in [-0.3, -0.25) is 4.90 Å². The molecule has 27 heavy (non-hydrogen) atoms. The average Bonchev–Trinajstić information content (AvgIpc) is 3.06. The predicted octanol–water partition coefficient (Wildman–Crippen LogP) is 5.33. The van der Waals surface area contributed by atoms with Gasteiger partial charge in [-0.25, -0.2) is 0 Å². The maximum absolute atomic E-state index is 10.3. The monoisotopic (exact) mass is 415 g/mol. The Bertz CT molecular complexity index is 959. The summed E-state index contributed by atoms with van der Waals surface area (Å²) in [5.41, 5.74) is 4.58. The zero-order valence-corrected chi connectivity index (χ0v) is 17.3. The molecule has 1 aliphatic rings. The largest absolute Gasteiger partial charge is 0.508 e. The van der Waals surface area contributed by atoms with Crippen molar-refractivity contribution in [3.8, 4) is 16.2 Å². The molecular formula is C21H21NO2S3. The number of benzene rings is 2. The van der Waals surface area contributed by atoms with Gasteiger partial charge in [0.2, 0.25) is 0 Å². The van der Waals surface area contributed by atoms with Gasteiger partial charge < -0.3 is 9.84 Å². The second-order valence-corrected chi connectivity index (χ2v) is 9.47. The number of rotatable bonds is 5. The Hall–Kier alpha value is -1.57. The Labute approximate surface area is 171 Å². The lowest BCUT2D eigenvalue weighted by Gasteiger charge is -2.27. The van der Waals surface area contributed by atoms with Crippen LogP contribution in [0.15, 0.2) is 48.5 Å². The van der Waals surface area contributed by atoms with Crippen LogP contribution < -0.4 is 0 Å². The van der Waals surface area contributed by atoms with Crippen LogP contribution in [0, 0.1) is 3.82 Å². The normalized spacial score (nSPS) is 15.1. The first-order chi connectivity index (χ1) is 13.2. The molecule has 0 bridgehead atoms. The molecule has 6 heteroatoms. The molecule has 0 saturated carbocycles. The number of phenols is 1. The Kier molecular flexibility index (Phi) is 6.00. The van der Waals surface area contributed by atoms with Crippen LogP contribution in [0.2, 0.25) is 0 Å². The quantitative estimate of drug-likeness (QED) is 0.451. The number of phenolic OH excluding ortho intramolecular Hbond substituents is 1. The second kappa shape index (κ2) is 8.63. The van der Waals surface area contributed by atoms with E-state index in [9.17, 15) is 5.11 Å². The Morgan fingerprint density at radius 3 is 2.59 bits per heavy atom. The smallest absolute Gasteiger partial charge is 0.120 e. The number of ether oxygens (including phenoxy) is 1. The van der Waals surface area contributed by atoms with Crippen molar-refractivity contribution in [1.82, 2.24) is 4.90 Å². The van der Waals surface area contributed by atoms with Crippen molar-refractivity contribution in [2.24, 2.45) is 0 Å². The molecule has 1 N–H and O–H groups in total. The highest BCUT2D eigenvalue weighted by Crippen LogP contribution is 2.37. The molecule has 0 unspecified atom stereocenters. The molecule has 3 nitrogen and oxygen atoms in total. The van der Waals surface area contributed by atoms with Crippen LogP contribution in [0.1, 0.15) is 16.7 Å². The van der Waals surface area contributed by atoms with E-state index in [0.717, 1.165) is 54.2 Å². The van der Waals surface area contributed by atoms with Gasteiger partial charge in [-0.1, -0.05) is 63.2 Å². The highest BCUT2D eigenvalue weighted by atomic mass is 32.9. The highest BCUT2D eigenvalue weighted by Gasteiger charge is 2.16. The number of nitrogens with zero attached hydrogens (tertiary/aromatic N) is 1. The summed E-state index contributed by atoms with van der Waals surface area (Å²) in [5.74, 6) is 0.355. The van der Waals surface area contributed by atoms with E-state index in [0.29, 0.717) is 5.75 Å². The van der Waals surface area contributed by atoms with Crippen molar-refractivity contribution < 1.29 is 9.84 Å². The molecule has 2 aromatic carbocycles. The number of hydrogen-bond acceptors (Lipinski definition) is 6. The maximum Gasteiger partial charge on any atom is 0.120 e. The molecular weight excluding hydrogens is 394 g/mol. The molecule has 0 spiro atoms. The van der Waals surface area contributed by atoms with Gasteiger partial charge in [0.25, 0.3) is 0 Å². The minimum atomic E-state index is 0.355. The lowest BCUT2D eigenvalue weighted by molar-refractivity contribution is 0.0339. The van der Waals surface area contributed by atoms with Gasteiger partial charge >= 0.3 is 0 Å². The fourth-order valence-corrected chi connectivity index (χ4v) is 6.21. The Morgan fingerprint density at radius 1 is 1.04 bits per heavy atom. The molecule has 0 aliphatic carbocycles. The van der Waals surface area contributed by atoms with Gasteiger partial charge in [-0.05, 0) is 29.3 Å². The van der Waals surface area contributed by atoms with Crippen molar-refractivity contribution in [3.63, 3.8) is 0 Å². The van der Waals surface area contributed by atoms with Crippen LogP contribution in [0.4, 0.5) is 0 Å². The molecule has 3 aromatic rings. The third-order valence-electron chi connectivity index (χ3n) is 4.78. The molecule has 2 heterocycles. The van der Waals surface area contributed by atoms with Crippen molar-refractivity contribution in [3.05, 3.63) is 69.0 Å². The van der Waals surface area contributed by atoms with E-state index in [1.165, 1.54) is 16.0 Å². The highest BCUT2D eigenvalue weighted by molar-refractivity contribution is 7.80. The lowest BCUT2D eigenvalue weighted by Crippen LogP contribution is -2.35. The lowest BCUT2D eigenvalue weighted by atomic mass is 10.0.